The number of nitrogens with one attached hydrogen (secondary N) is 1. The van der Waals surface area contributed by atoms with E-state index in [4.69, 9.17) is 0 Å². The van der Waals surface area contributed by atoms with Gasteiger partial charge >= 0.3 is 0 Å². The van der Waals surface area contributed by atoms with Crippen LogP contribution >= 0.6 is 38.5 Å². The van der Waals surface area contributed by atoms with Crippen LogP contribution in [0.4, 0.5) is 10.1 Å². The molecule has 0 heterocycles. The second kappa shape index (κ2) is 5.87. The lowest BCUT2D eigenvalue weighted by Crippen LogP contribution is -2.13. The standard InChI is InChI=1S/C13H8BrFINO2/c14-7-1-4-11(12(18)5-7)17-13(19)9-6-8(15)2-3-10(9)16/h1-6,18H,(H,17,19). The van der Waals surface area contributed by atoms with E-state index in [-0.39, 0.29) is 17.0 Å². The van der Waals surface area contributed by atoms with Crippen molar-refractivity contribution in [3.05, 3.63) is 55.8 Å². The average molecular weight is 436 g/mol. The molecule has 2 N–H and O–H groups in total. The van der Waals surface area contributed by atoms with Gasteiger partial charge in [-0.05, 0) is 59.0 Å². The van der Waals surface area contributed by atoms with Crippen molar-refractivity contribution < 1.29 is 14.3 Å². The van der Waals surface area contributed by atoms with Crippen LogP contribution in [0.5, 0.6) is 5.75 Å². The molecule has 2 aromatic rings. The number of hydrogen-bond donors (Lipinski definition) is 2. The molecule has 0 spiro atoms. The van der Waals surface area contributed by atoms with E-state index in [0.717, 1.165) is 6.07 Å². The van der Waals surface area contributed by atoms with Crippen LogP contribution in [0.3, 0.4) is 0 Å². The van der Waals surface area contributed by atoms with Crippen molar-refractivity contribution in [3.63, 3.8) is 0 Å². The van der Waals surface area contributed by atoms with E-state index in [1.165, 1.54) is 18.2 Å². The third kappa shape index (κ3) is 3.44. The molecule has 98 valence electrons. The van der Waals surface area contributed by atoms with E-state index in [9.17, 15) is 14.3 Å². The van der Waals surface area contributed by atoms with Gasteiger partial charge < -0.3 is 10.4 Å². The van der Waals surface area contributed by atoms with E-state index in [2.05, 4.69) is 21.2 Å². The van der Waals surface area contributed by atoms with Gasteiger partial charge in [0.05, 0.1) is 11.3 Å². The number of phenolic OH excluding ortho intramolecular Hbond substituents is 1. The molecular weight excluding hydrogens is 428 g/mol. The van der Waals surface area contributed by atoms with Crippen LogP contribution in [-0.2, 0) is 0 Å². The summed E-state index contributed by atoms with van der Waals surface area (Å²) >= 11 is 5.16. The maximum Gasteiger partial charge on any atom is 0.256 e. The molecule has 2 rings (SSSR count). The van der Waals surface area contributed by atoms with Gasteiger partial charge in [0.25, 0.3) is 5.91 Å². The van der Waals surface area contributed by atoms with Crippen LogP contribution in [0.2, 0.25) is 0 Å². The quantitative estimate of drug-likeness (QED) is 0.550. The van der Waals surface area contributed by atoms with Crippen molar-refractivity contribution in [1.82, 2.24) is 0 Å². The smallest absolute Gasteiger partial charge is 0.256 e. The number of amides is 1. The van der Waals surface area contributed by atoms with Gasteiger partial charge in [-0.25, -0.2) is 4.39 Å². The predicted octanol–water partition coefficient (Wildman–Crippen LogP) is 4.15. The van der Waals surface area contributed by atoms with Gasteiger partial charge in [0.15, 0.2) is 0 Å². The molecule has 0 fully saturated rings. The van der Waals surface area contributed by atoms with Crippen molar-refractivity contribution in [2.75, 3.05) is 5.32 Å². The molecule has 0 atom stereocenters. The lowest BCUT2D eigenvalue weighted by molar-refractivity contribution is 0.102. The van der Waals surface area contributed by atoms with Crippen LogP contribution in [0.15, 0.2) is 40.9 Å². The fourth-order valence-electron chi connectivity index (χ4n) is 1.47. The van der Waals surface area contributed by atoms with Crippen LogP contribution in [0.1, 0.15) is 10.4 Å². The molecule has 6 heteroatoms. The Morgan fingerprint density at radius 2 is 2.00 bits per heavy atom. The van der Waals surface area contributed by atoms with Crippen LogP contribution in [0.25, 0.3) is 0 Å². The average Bonchev–Trinajstić information content (AvgIpc) is 2.35. The molecule has 0 aliphatic heterocycles. The second-order valence-electron chi connectivity index (χ2n) is 3.74. The summed E-state index contributed by atoms with van der Waals surface area (Å²) < 4.78 is 14.5. The Morgan fingerprint density at radius 3 is 2.68 bits per heavy atom. The highest BCUT2D eigenvalue weighted by atomic mass is 127. The maximum atomic E-state index is 13.1. The number of phenols is 1. The molecular formula is C13H8BrFINO2. The van der Waals surface area contributed by atoms with Gasteiger partial charge in [0.2, 0.25) is 0 Å². The number of carbonyl (C=O) groups excluding carboxylic acids is 1. The van der Waals surface area contributed by atoms with E-state index in [1.807, 2.05) is 22.6 Å². The van der Waals surface area contributed by atoms with Gasteiger partial charge in [0.1, 0.15) is 11.6 Å². The van der Waals surface area contributed by atoms with Crippen molar-refractivity contribution in [1.29, 1.82) is 0 Å². The van der Waals surface area contributed by atoms with Crippen LogP contribution in [0, 0.1) is 9.39 Å². The summed E-state index contributed by atoms with van der Waals surface area (Å²) in [5, 5.41) is 12.2. The molecule has 19 heavy (non-hydrogen) atoms. The van der Waals surface area contributed by atoms with E-state index in [1.54, 1.807) is 12.1 Å². The summed E-state index contributed by atoms with van der Waals surface area (Å²) in [6, 6.07) is 8.68. The van der Waals surface area contributed by atoms with Crippen molar-refractivity contribution >= 4 is 50.1 Å². The summed E-state index contributed by atoms with van der Waals surface area (Å²) in [7, 11) is 0. The number of benzene rings is 2. The zero-order chi connectivity index (χ0) is 14.0. The Balaban J connectivity index is 2.28. The highest BCUT2D eigenvalue weighted by molar-refractivity contribution is 14.1. The Bertz CT molecular complexity index is 649. The molecule has 0 saturated carbocycles. The number of halogens is 3. The molecule has 0 aliphatic rings. The first-order valence-corrected chi connectivity index (χ1v) is 7.09. The maximum absolute atomic E-state index is 13.1. The number of anilines is 1. The Morgan fingerprint density at radius 1 is 1.26 bits per heavy atom. The number of aromatic hydroxyl groups is 1. The molecule has 0 aliphatic carbocycles. The minimum absolute atomic E-state index is 0.0610. The third-order valence-corrected chi connectivity index (χ3v) is 3.81. The van der Waals surface area contributed by atoms with Gasteiger partial charge in [0, 0.05) is 8.04 Å². The first-order valence-electron chi connectivity index (χ1n) is 5.22. The molecule has 0 radical (unpaired) electrons. The zero-order valence-electron chi connectivity index (χ0n) is 9.45. The van der Waals surface area contributed by atoms with Gasteiger partial charge in [-0.1, -0.05) is 15.9 Å². The number of hydrogen-bond acceptors (Lipinski definition) is 2. The highest BCUT2D eigenvalue weighted by Gasteiger charge is 2.13. The van der Waals surface area contributed by atoms with Crippen LogP contribution < -0.4 is 5.32 Å². The van der Waals surface area contributed by atoms with Gasteiger partial charge in [-0.3, -0.25) is 4.79 Å². The Kier molecular flexibility index (Phi) is 4.41. The monoisotopic (exact) mass is 435 g/mol. The molecule has 0 unspecified atom stereocenters. The SMILES string of the molecule is O=C(Nc1ccc(Br)cc1O)c1cc(F)ccc1I. The molecule has 0 aromatic heterocycles. The highest BCUT2D eigenvalue weighted by Crippen LogP contribution is 2.27. The fourth-order valence-corrected chi connectivity index (χ4v) is 2.40. The molecule has 0 saturated heterocycles. The largest absolute Gasteiger partial charge is 0.506 e. The summed E-state index contributed by atoms with van der Waals surface area (Å²) in [4.78, 5) is 12.0. The van der Waals surface area contributed by atoms with E-state index in [0.29, 0.717) is 8.04 Å². The number of carbonyl (C=O) groups is 1. The topological polar surface area (TPSA) is 49.3 Å². The zero-order valence-corrected chi connectivity index (χ0v) is 13.2. The normalized spacial score (nSPS) is 10.3. The molecule has 1 amide bonds. The molecule has 0 bridgehead atoms. The molecule has 3 nitrogen and oxygen atoms in total. The lowest BCUT2D eigenvalue weighted by atomic mass is 10.2. The lowest BCUT2D eigenvalue weighted by Gasteiger charge is -2.09. The fraction of sp³-hybridized carbons (Fsp3) is 0. The van der Waals surface area contributed by atoms with E-state index < -0.39 is 11.7 Å². The Hall–Kier alpha value is -1.15. The summed E-state index contributed by atoms with van der Waals surface area (Å²) in [5.41, 5.74) is 0.496. The first kappa shape index (κ1) is 14.3. The minimum Gasteiger partial charge on any atom is -0.506 e. The summed E-state index contributed by atoms with van der Waals surface area (Å²) in [5.74, 6) is -1.01. The summed E-state index contributed by atoms with van der Waals surface area (Å²) in [6.45, 7) is 0. The first-order chi connectivity index (χ1) is 8.97. The van der Waals surface area contributed by atoms with Gasteiger partial charge in [-0.15, -0.1) is 0 Å². The Labute approximate surface area is 131 Å². The second-order valence-corrected chi connectivity index (χ2v) is 5.82. The van der Waals surface area contributed by atoms with E-state index >= 15 is 0 Å². The third-order valence-electron chi connectivity index (χ3n) is 2.38. The van der Waals surface area contributed by atoms with Gasteiger partial charge in [-0.2, -0.15) is 0 Å². The number of rotatable bonds is 2. The van der Waals surface area contributed by atoms with Crippen molar-refractivity contribution in [2.45, 2.75) is 0 Å². The molecule has 2 aromatic carbocycles. The summed E-state index contributed by atoms with van der Waals surface area (Å²) in [6.07, 6.45) is 0. The van der Waals surface area contributed by atoms with Crippen molar-refractivity contribution in [3.8, 4) is 5.75 Å². The minimum atomic E-state index is -0.481. The predicted molar refractivity (Wildman–Crippen MR) is 82.9 cm³/mol. The van der Waals surface area contributed by atoms with Crippen LogP contribution in [-0.4, -0.2) is 11.0 Å². The van der Waals surface area contributed by atoms with Crippen molar-refractivity contribution in [2.24, 2.45) is 0 Å².